The monoisotopic (exact) mass is 291 g/mol. The largest absolute Gasteiger partial charge is 0.469 e. The Labute approximate surface area is 115 Å². The third-order valence-electron chi connectivity index (χ3n) is 3.78. The van der Waals surface area contributed by atoms with E-state index in [1.54, 1.807) is 0 Å². The Morgan fingerprint density at radius 3 is 2.26 bits per heavy atom. The fraction of sp³-hybridized carbons (Fsp3) is 0.923. The Morgan fingerprint density at radius 1 is 1.37 bits per heavy atom. The van der Waals surface area contributed by atoms with E-state index in [1.807, 2.05) is 20.8 Å². The molecule has 2 N–H and O–H groups in total. The molecule has 0 aromatic heterocycles. The zero-order chi connectivity index (χ0) is 14.9. The lowest BCUT2D eigenvalue weighted by atomic mass is 9.89. The Bertz CT molecular complexity index is 432. The quantitative estimate of drug-likeness (QED) is 0.741. The molecule has 1 fully saturated rings. The van der Waals surface area contributed by atoms with Crippen LogP contribution in [0.15, 0.2) is 0 Å². The molecule has 1 atom stereocenters. The molecule has 0 aliphatic heterocycles. The molecule has 1 unspecified atom stereocenters. The molecule has 1 aliphatic rings. The zero-order valence-corrected chi connectivity index (χ0v) is 13.0. The van der Waals surface area contributed by atoms with Crippen molar-refractivity contribution < 1.29 is 17.9 Å². The average Bonchev–Trinajstić information content (AvgIpc) is 2.94. The number of esters is 1. The lowest BCUT2D eigenvalue weighted by molar-refractivity contribution is -0.141. The van der Waals surface area contributed by atoms with E-state index >= 15 is 0 Å². The predicted molar refractivity (Wildman–Crippen MR) is 74.4 cm³/mol. The molecule has 0 bridgehead atoms. The first-order chi connectivity index (χ1) is 8.50. The van der Waals surface area contributed by atoms with Crippen molar-refractivity contribution in [2.45, 2.75) is 46.1 Å². The first kappa shape index (κ1) is 16.4. The number of hydrogen-bond acceptors (Lipinski definition) is 5. The molecule has 6 heteroatoms. The van der Waals surface area contributed by atoms with Crippen LogP contribution in [0.5, 0.6) is 0 Å². The van der Waals surface area contributed by atoms with Gasteiger partial charge in [-0.3, -0.25) is 4.79 Å². The Kier molecular flexibility index (Phi) is 4.67. The summed E-state index contributed by atoms with van der Waals surface area (Å²) in [6.45, 7) is 5.78. The van der Waals surface area contributed by atoms with Gasteiger partial charge in [-0.1, -0.05) is 20.8 Å². The molecule has 1 aliphatic carbocycles. The molecule has 112 valence electrons. The van der Waals surface area contributed by atoms with Gasteiger partial charge in [-0.25, -0.2) is 8.42 Å². The van der Waals surface area contributed by atoms with E-state index in [0.29, 0.717) is 0 Å². The normalized spacial score (nSPS) is 19.8. The van der Waals surface area contributed by atoms with Gasteiger partial charge >= 0.3 is 5.97 Å². The third-order valence-corrected chi connectivity index (χ3v) is 5.70. The minimum atomic E-state index is -3.25. The van der Waals surface area contributed by atoms with Gasteiger partial charge in [0.2, 0.25) is 0 Å². The topological polar surface area (TPSA) is 86.5 Å². The van der Waals surface area contributed by atoms with Gasteiger partial charge in [0.1, 0.15) is 0 Å². The second-order valence-corrected chi connectivity index (χ2v) is 8.89. The number of rotatable bonds is 6. The van der Waals surface area contributed by atoms with Crippen LogP contribution >= 0.6 is 0 Å². The first-order valence-electron chi connectivity index (χ1n) is 6.53. The highest BCUT2D eigenvalue weighted by atomic mass is 32.2. The molecular weight excluding hydrogens is 266 g/mol. The number of carbonyl (C=O) groups is 1. The highest BCUT2D eigenvalue weighted by Crippen LogP contribution is 2.50. The summed E-state index contributed by atoms with van der Waals surface area (Å²) < 4.78 is 29.0. The van der Waals surface area contributed by atoms with Crippen LogP contribution < -0.4 is 5.73 Å². The van der Waals surface area contributed by atoms with Crippen molar-refractivity contribution in [1.82, 2.24) is 0 Å². The number of ether oxygens (including phenoxy) is 1. The molecule has 0 aromatic rings. The van der Waals surface area contributed by atoms with Crippen LogP contribution in [0.3, 0.4) is 0 Å². The average molecular weight is 291 g/mol. The fourth-order valence-corrected chi connectivity index (χ4v) is 4.47. The van der Waals surface area contributed by atoms with Crippen molar-refractivity contribution in [3.05, 3.63) is 0 Å². The van der Waals surface area contributed by atoms with Crippen LogP contribution in [0.2, 0.25) is 0 Å². The third kappa shape index (κ3) is 5.10. The molecule has 0 spiro atoms. The van der Waals surface area contributed by atoms with Crippen LogP contribution in [0.25, 0.3) is 0 Å². The Balaban J connectivity index is 2.63. The van der Waals surface area contributed by atoms with E-state index in [1.165, 1.54) is 7.11 Å². The maximum Gasteiger partial charge on any atom is 0.306 e. The van der Waals surface area contributed by atoms with Crippen LogP contribution in [-0.4, -0.2) is 39.0 Å². The van der Waals surface area contributed by atoms with Crippen LogP contribution in [0.1, 0.15) is 40.0 Å². The van der Waals surface area contributed by atoms with E-state index in [2.05, 4.69) is 4.74 Å². The molecule has 1 saturated carbocycles. The second kappa shape index (κ2) is 5.40. The van der Waals surface area contributed by atoms with Gasteiger partial charge in [0, 0.05) is 6.04 Å². The summed E-state index contributed by atoms with van der Waals surface area (Å²) in [4.78, 5) is 11.3. The van der Waals surface area contributed by atoms with Gasteiger partial charge in [0.05, 0.1) is 25.0 Å². The summed E-state index contributed by atoms with van der Waals surface area (Å²) in [5.74, 6) is -0.328. The molecule has 0 radical (unpaired) electrons. The van der Waals surface area contributed by atoms with Crippen LogP contribution in [0.4, 0.5) is 0 Å². The summed E-state index contributed by atoms with van der Waals surface area (Å²) in [5.41, 5.74) is 5.29. The first-order valence-corrected chi connectivity index (χ1v) is 8.35. The molecule has 19 heavy (non-hydrogen) atoms. The zero-order valence-electron chi connectivity index (χ0n) is 12.2. The minimum Gasteiger partial charge on any atom is -0.469 e. The number of sulfone groups is 1. The summed E-state index contributed by atoms with van der Waals surface area (Å²) >= 11 is 0. The second-order valence-electron chi connectivity index (χ2n) is 6.78. The SMILES string of the molecule is COC(=O)CC1(CS(=O)(=O)CC(N)C(C)(C)C)CC1. The van der Waals surface area contributed by atoms with Crippen molar-refractivity contribution in [2.75, 3.05) is 18.6 Å². The fourth-order valence-electron chi connectivity index (χ4n) is 1.98. The molecule has 0 heterocycles. The van der Waals surface area contributed by atoms with E-state index < -0.39 is 21.3 Å². The van der Waals surface area contributed by atoms with E-state index in [0.717, 1.165) is 12.8 Å². The summed E-state index contributed by atoms with van der Waals surface area (Å²) in [6, 6.07) is -0.397. The van der Waals surface area contributed by atoms with Gasteiger partial charge in [-0.05, 0) is 23.7 Å². The van der Waals surface area contributed by atoms with Crippen LogP contribution in [-0.2, 0) is 19.4 Å². The van der Waals surface area contributed by atoms with Crippen LogP contribution in [0, 0.1) is 10.8 Å². The van der Waals surface area contributed by atoms with Crippen molar-refractivity contribution in [3.63, 3.8) is 0 Å². The van der Waals surface area contributed by atoms with Gasteiger partial charge in [-0.2, -0.15) is 0 Å². The molecular formula is C13H25NO4S. The summed E-state index contributed by atoms with van der Waals surface area (Å²) in [7, 11) is -1.92. The molecule has 0 amide bonds. The predicted octanol–water partition coefficient (Wildman–Crippen LogP) is 1.12. The Morgan fingerprint density at radius 2 is 1.89 bits per heavy atom. The summed E-state index contributed by atoms with van der Waals surface area (Å²) in [6.07, 6.45) is 1.73. The number of hydrogen-bond donors (Lipinski definition) is 1. The number of methoxy groups -OCH3 is 1. The lowest BCUT2D eigenvalue weighted by Crippen LogP contribution is -2.42. The highest BCUT2D eigenvalue weighted by molar-refractivity contribution is 7.91. The highest BCUT2D eigenvalue weighted by Gasteiger charge is 2.48. The number of carbonyl (C=O) groups excluding carboxylic acids is 1. The van der Waals surface area contributed by atoms with E-state index in [4.69, 9.17) is 5.73 Å². The van der Waals surface area contributed by atoms with E-state index in [9.17, 15) is 13.2 Å². The minimum absolute atomic E-state index is 0.0284. The number of nitrogens with two attached hydrogens (primary N) is 1. The van der Waals surface area contributed by atoms with Crippen molar-refractivity contribution in [3.8, 4) is 0 Å². The van der Waals surface area contributed by atoms with Gasteiger partial charge in [0.25, 0.3) is 0 Å². The lowest BCUT2D eigenvalue weighted by Gasteiger charge is -2.27. The van der Waals surface area contributed by atoms with Crippen molar-refractivity contribution in [2.24, 2.45) is 16.6 Å². The van der Waals surface area contributed by atoms with Gasteiger partial charge in [0.15, 0.2) is 9.84 Å². The molecule has 0 saturated heterocycles. The maximum absolute atomic E-state index is 12.2. The van der Waals surface area contributed by atoms with E-state index in [-0.39, 0.29) is 29.3 Å². The molecule has 5 nitrogen and oxygen atoms in total. The molecule has 1 rings (SSSR count). The standard InChI is InChI=1S/C13H25NO4S/c1-12(2,3)10(14)8-19(16,17)9-13(5-6-13)7-11(15)18-4/h10H,5-9,14H2,1-4H3. The molecule has 0 aromatic carbocycles. The smallest absolute Gasteiger partial charge is 0.306 e. The maximum atomic E-state index is 12.2. The van der Waals surface area contributed by atoms with Gasteiger partial charge < -0.3 is 10.5 Å². The van der Waals surface area contributed by atoms with Crippen molar-refractivity contribution >= 4 is 15.8 Å². The van der Waals surface area contributed by atoms with Gasteiger partial charge in [-0.15, -0.1) is 0 Å². The summed E-state index contributed by atoms with van der Waals surface area (Å²) in [5, 5.41) is 0. The van der Waals surface area contributed by atoms with Crippen molar-refractivity contribution in [1.29, 1.82) is 0 Å². The Hall–Kier alpha value is -0.620.